The molecule has 4 aliphatic rings. The SMILES string of the molecule is CC/C=C/[C@@](C#CCCN1CCOCC1)(OC)[C@@H]1CC[C@H]1CN1C[C@@]2(CCCc3cc(Cl)ccc32)COc2ccc(C(=O)NS(=O)(=O)C(C)C)cc21. The van der Waals surface area contributed by atoms with Crippen LogP contribution in [0, 0.1) is 23.7 Å². The van der Waals surface area contributed by atoms with Gasteiger partial charge in [0.1, 0.15) is 11.4 Å². The molecule has 0 bridgehead atoms. The van der Waals surface area contributed by atoms with Crippen molar-refractivity contribution in [1.82, 2.24) is 9.62 Å². The van der Waals surface area contributed by atoms with E-state index >= 15 is 0 Å². The summed E-state index contributed by atoms with van der Waals surface area (Å²) >= 11 is 6.48. The summed E-state index contributed by atoms with van der Waals surface area (Å²) in [7, 11) is -2.03. The molecule has 1 saturated carbocycles. The van der Waals surface area contributed by atoms with Crippen LogP contribution in [0.4, 0.5) is 5.69 Å². The number of aryl methyl sites for hydroxylation is 1. The molecule has 282 valence electrons. The molecule has 6 rings (SSSR count). The van der Waals surface area contributed by atoms with Gasteiger partial charge in [-0.15, -0.1) is 0 Å². The minimum Gasteiger partial charge on any atom is -0.490 e. The normalized spacial score (nSPS) is 24.5. The Kier molecular flexibility index (Phi) is 12.3. The summed E-state index contributed by atoms with van der Waals surface area (Å²) in [4.78, 5) is 18.1. The highest BCUT2D eigenvalue weighted by atomic mass is 35.5. The van der Waals surface area contributed by atoms with E-state index < -0.39 is 26.8 Å². The molecule has 1 saturated heterocycles. The Morgan fingerprint density at radius 2 is 2.00 bits per heavy atom. The van der Waals surface area contributed by atoms with E-state index in [9.17, 15) is 13.2 Å². The molecule has 2 aromatic rings. The quantitative estimate of drug-likeness (QED) is 0.209. The lowest BCUT2D eigenvalue weighted by molar-refractivity contribution is -0.0351. The molecule has 4 atom stereocenters. The number of methoxy groups -OCH3 is 1. The average molecular weight is 752 g/mol. The fraction of sp³-hybridized carbons (Fsp3) is 0.585. The molecule has 0 aromatic heterocycles. The molecule has 52 heavy (non-hydrogen) atoms. The molecule has 0 radical (unpaired) electrons. The lowest BCUT2D eigenvalue weighted by Gasteiger charge is -2.48. The molecule has 2 aliphatic heterocycles. The number of hydrogen-bond donors (Lipinski definition) is 1. The molecule has 2 aliphatic carbocycles. The van der Waals surface area contributed by atoms with Crippen molar-refractivity contribution in [3.63, 3.8) is 0 Å². The van der Waals surface area contributed by atoms with Crippen LogP contribution >= 0.6 is 11.6 Å². The Morgan fingerprint density at radius 1 is 1.19 bits per heavy atom. The third-order valence-electron chi connectivity index (χ3n) is 11.5. The fourth-order valence-corrected chi connectivity index (χ4v) is 9.06. The maximum absolute atomic E-state index is 13.4. The second kappa shape index (κ2) is 16.5. The topological polar surface area (TPSA) is 97.4 Å². The largest absolute Gasteiger partial charge is 0.490 e. The zero-order chi connectivity index (χ0) is 36.9. The number of benzene rings is 2. The molecule has 2 aromatic carbocycles. The van der Waals surface area contributed by atoms with Crippen molar-refractivity contribution in [2.45, 2.75) is 82.0 Å². The average Bonchev–Trinajstić information content (AvgIpc) is 3.27. The first-order chi connectivity index (χ1) is 25.0. The van der Waals surface area contributed by atoms with Crippen molar-refractivity contribution >= 4 is 33.2 Å². The van der Waals surface area contributed by atoms with Gasteiger partial charge in [-0.3, -0.25) is 9.69 Å². The summed E-state index contributed by atoms with van der Waals surface area (Å²) in [5, 5.41) is -0.00504. The summed E-state index contributed by atoms with van der Waals surface area (Å²) in [6.45, 7) is 11.4. The number of ether oxygens (including phenoxy) is 3. The highest BCUT2D eigenvalue weighted by Crippen LogP contribution is 2.49. The van der Waals surface area contributed by atoms with Crippen LogP contribution in [0.25, 0.3) is 0 Å². The van der Waals surface area contributed by atoms with Crippen LogP contribution in [0.1, 0.15) is 80.8 Å². The van der Waals surface area contributed by atoms with E-state index in [0.29, 0.717) is 25.4 Å². The molecule has 2 heterocycles. The van der Waals surface area contributed by atoms with Gasteiger partial charge in [-0.1, -0.05) is 42.5 Å². The maximum Gasteiger partial charge on any atom is 0.264 e. The summed E-state index contributed by atoms with van der Waals surface area (Å²) in [6.07, 6.45) is 10.9. The number of carbonyl (C=O) groups is 1. The van der Waals surface area contributed by atoms with Gasteiger partial charge in [0.25, 0.3) is 5.91 Å². The molecular weight excluding hydrogens is 698 g/mol. The predicted octanol–water partition coefficient (Wildman–Crippen LogP) is 6.38. The molecular formula is C41H54ClN3O6S. The molecule has 1 amide bonds. The first kappa shape index (κ1) is 38.6. The number of nitrogens with zero attached hydrogens (tertiary/aromatic N) is 2. The smallest absolute Gasteiger partial charge is 0.264 e. The Bertz CT molecular complexity index is 1800. The number of nitrogens with one attached hydrogen (secondary N) is 1. The van der Waals surface area contributed by atoms with Crippen molar-refractivity contribution in [3.8, 4) is 17.6 Å². The molecule has 9 nitrogen and oxygen atoms in total. The second-order valence-electron chi connectivity index (χ2n) is 15.1. The number of halogens is 1. The van der Waals surface area contributed by atoms with Crippen LogP contribution in [0.15, 0.2) is 48.6 Å². The lowest BCUT2D eigenvalue weighted by atomic mass is 9.64. The van der Waals surface area contributed by atoms with E-state index in [1.165, 1.54) is 11.1 Å². The number of hydrogen-bond acceptors (Lipinski definition) is 8. The zero-order valence-electron chi connectivity index (χ0n) is 31.1. The summed E-state index contributed by atoms with van der Waals surface area (Å²) in [5.41, 5.74) is 2.58. The van der Waals surface area contributed by atoms with Crippen molar-refractivity contribution in [1.29, 1.82) is 0 Å². The molecule has 1 spiro atoms. The van der Waals surface area contributed by atoms with Crippen LogP contribution in [-0.2, 0) is 31.3 Å². The van der Waals surface area contributed by atoms with Crippen LogP contribution in [-0.4, -0.2) is 89.7 Å². The summed E-state index contributed by atoms with van der Waals surface area (Å²) in [6, 6.07) is 11.5. The lowest BCUT2D eigenvalue weighted by Crippen LogP contribution is -2.52. The highest BCUT2D eigenvalue weighted by molar-refractivity contribution is 7.90. The number of morpholine rings is 1. The standard InChI is InChI=1S/C41H54ClN3O6S/c1-5-6-18-41(49-4,19-7-8-20-44-21-23-50-24-22-44)36-14-11-33(36)27-45-28-40(17-9-10-31-25-34(42)13-15-35(31)40)29-51-38-16-12-32(26-37(38)45)39(46)43-52(47,48)30(2)3/h6,12-13,15-16,18,25-26,30,33,36H,5,8-11,14,17,20-24,27-29H2,1-4H3,(H,43,46)/b18-6+/t33-,36+,40-,41-/m0/s1. The zero-order valence-corrected chi connectivity index (χ0v) is 32.7. The molecule has 0 unspecified atom stereocenters. The Morgan fingerprint density at radius 3 is 2.71 bits per heavy atom. The number of carbonyl (C=O) groups excluding carboxylic acids is 1. The van der Waals surface area contributed by atoms with Gasteiger partial charge in [0.15, 0.2) is 0 Å². The monoisotopic (exact) mass is 751 g/mol. The van der Waals surface area contributed by atoms with Crippen LogP contribution in [0.3, 0.4) is 0 Å². The third-order valence-corrected chi connectivity index (χ3v) is 13.4. The van der Waals surface area contributed by atoms with Gasteiger partial charge >= 0.3 is 0 Å². The van der Waals surface area contributed by atoms with E-state index in [1.807, 2.05) is 12.1 Å². The van der Waals surface area contributed by atoms with Gasteiger partial charge in [-0.25, -0.2) is 13.1 Å². The number of rotatable bonds is 11. The van der Waals surface area contributed by atoms with E-state index in [2.05, 4.69) is 57.6 Å². The first-order valence-electron chi connectivity index (χ1n) is 18.9. The minimum absolute atomic E-state index is 0.167. The van der Waals surface area contributed by atoms with Crippen molar-refractivity contribution in [2.24, 2.45) is 11.8 Å². The Hall–Kier alpha value is -3.07. The number of anilines is 1. The predicted molar refractivity (Wildman–Crippen MR) is 207 cm³/mol. The summed E-state index contributed by atoms with van der Waals surface area (Å²) < 4.78 is 46.1. The Balaban J connectivity index is 1.33. The summed E-state index contributed by atoms with van der Waals surface area (Å²) in [5.74, 6) is 7.56. The number of allylic oxidation sites excluding steroid dienone is 1. The van der Waals surface area contributed by atoms with Gasteiger partial charge in [-0.2, -0.15) is 0 Å². The van der Waals surface area contributed by atoms with Crippen molar-refractivity contribution < 1.29 is 27.4 Å². The molecule has 1 N–H and O–H groups in total. The third kappa shape index (κ3) is 8.34. The van der Waals surface area contributed by atoms with Crippen LogP contribution < -0.4 is 14.4 Å². The minimum atomic E-state index is -3.81. The van der Waals surface area contributed by atoms with E-state index in [0.717, 1.165) is 88.5 Å². The van der Waals surface area contributed by atoms with Gasteiger partial charge < -0.3 is 19.1 Å². The van der Waals surface area contributed by atoms with Gasteiger partial charge in [0.05, 0.1) is 30.8 Å². The number of sulfonamides is 1. The van der Waals surface area contributed by atoms with E-state index in [4.69, 9.17) is 25.8 Å². The van der Waals surface area contributed by atoms with Gasteiger partial charge in [0.2, 0.25) is 10.0 Å². The molecule has 2 fully saturated rings. The highest BCUT2D eigenvalue weighted by Gasteiger charge is 2.48. The van der Waals surface area contributed by atoms with Gasteiger partial charge in [-0.05, 0) is 106 Å². The van der Waals surface area contributed by atoms with Crippen LogP contribution in [0.5, 0.6) is 5.75 Å². The van der Waals surface area contributed by atoms with Crippen LogP contribution in [0.2, 0.25) is 5.02 Å². The number of fused-ring (bicyclic) bond motifs is 3. The first-order valence-corrected chi connectivity index (χ1v) is 20.8. The van der Waals surface area contributed by atoms with E-state index in [1.54, 1.807) is 33.1 Å². The fourth-order valence-electron chi connectivity index (χ4n) is 8.26. The maximum atomic E-state index is 13.4. The number of amides is 1. The van der Waals surface area contributed by atoms with E-state index in [-0.39, 0.29) is 22.8 Å². The van der Waals surface area contributed by atoms with Crippen molar-refractivity contribution in [3.05, 3.63) is 70.3 Å². The Labute approximate surface area is 315 Å². The van der Waals surface area contributed by atoms with Crippen molar-refractivity contribution in [2.75, 3.05) is 64.6 Å². The second-order valence-corrected chi connectivity index (χ2v) is 17.7. The molecule has 11 heteroatoms. The van der Waals surface area contributed by atoms with Gasteiger partial charge in [0, 0.05) is 68.2 Å².